The summed E-state index contributed by atoms with van der Waals surface area (Å²) in [4.78, 5) is 23.8. The second-order valence-electron chi connectivity index (χ2n) is 8.94. The number of benzene rings is 1. The number of anilines is 1. The summed E-state index contributed by atoms with van der Waals surface area (Å²) in [6.45, 7) is 5.11. The van der Waals surface area contributed by atoms with Gasteiger partial charge in [0.25, 0.3) is 0 Å². The highest BCUT2D eigenvalue weighted by atomic mass is 32.1. The lowest BCUT2D eigenvalue weighted by atomic mass is 9.96. The lowest BCUT2D eigenvalue weighted by Crippen LogP contribution is -2.37. The van der Waals surface area contributed by atoms with E-state index < -0.39 is 0 Å². The van der Waals surface area contributed by atoms with Crippen LogP contribution in [0.4, 0.5) is 5.69 Å². The lowest BCUT2D eigenvalue weighted by molar-refractivity contribution is -0.116. The Labute approximate surface area is 216 Å². The molecule has 1 fully saturated rings. The molecule has 1 amide bonds. The molecule has 2 atom stereocenters. The van der Waals surface area contributed by atoms with Crippen LogP contribution in [0.15, 0.2) is 85.3 Å². The molecule has 0 saturated carbocycles. The van der Waals surface area contributed by atoms with E-state index in [0.717, 1.165) is 34.9 Å². The average Bonchev–Trinajstić information content (AvgIpc) is 3.36. The number of nitrogens with zero attached hydrogens (tertiary/aromatic N) is 4. The van der Waals surface area contributed by atoms with E-state index in [0.29, 0.717) is 5.11 Å². The molecule has 36 heavy (non-hydrogen) atoms. The van der Waals surface area contributed by atoms with Crippen molar-refractivity contribution in [3.63, 3.8) is 0 Å². The number of rotatable bonds is 7. The second kappa shape index (κ2) is 10.3. The Morgan fingerprint density at radius 1 is 1.03 bits per heavy atom. The highest BCUT2D eigenvalue weighted by Crippen LogP contribution is 2.40. The number of hydrogen-bond donors (Lipinski definition) is 2. The molecule has 3 aromatic heterocycles. The van der Waals surface area contributed by atoms with E-state index in [1.165, 1.54) is 5.56 Å². The maximum Gasteiger partial charge on any atom is 0.244 e. The van der Waals surface area contributed by atoms with Gasteiger partial charge < -0.3 is 20.1 Å². The van der Waals surface area contributed by atoms with Crippen LogP contribution >= 0.6 is 12.2 Å². The van der Waals surface area contributed by atoms with Crippen molar-refractivity contribution in [1.82, 2.24) is 24.8 Å². The van der Waals surface area contributed by atoms with Gasteiger partial charge in [0.2, 0.25) is 5.91 Å². The molecule has 182 valence electrons. The average molecular weight is 497 g/mol. The van der Waals surface area contributed by atoms with Crippen LogP contribution in [0.3, 0.4) is 0 Å². The predicted molar refractivity (Wildman–Crippen MR) is 144 cm³/mol. The quantitative estimate of drug-likeness (QED) is 0.366. The summed E-state index contributed by atoms with van der Waals surface area (Å²) in [6, 6.07) is 21.2. The Bertz CT molecular complexity index is 1360. The Morgan fingerprint density at radius 3 is 2.50 bits per heavy atom. The molecular formula is C28H28N6OS. The van der Waals surface area contributed by atoms with E-state index in [2.05, 4.69) is 45.1 Å². The van der Waals surface area contributed by atoms with Crippen LogP contribution < -0.4 is 10.6 Å². The molecule has 2 unspecified atom stereocenters. The van der Waals surface area contributed by atoms with Gasteiger partial charge in [-0.2, -0.15) is 0 Å². The monoisotopic (exact) mass is 496 g/mol. The summed E-state index contributed by atoms with van der Waals surface area (Å²) in [5.74, 6) is -0.123. The van der Waals surface area contributed by atoms with Crippen LogP contribution in [-0.4, -0.2) is 37.0 Å². The summed E-state index contributed by atoms with van der Waals surface area (Å²) < 4.78 is 2.30. The van der Waals surface area contributed by atoms with E-state index in [1.807, 2.05) is 78.0 Å². The zero-order valence-corrected chi connectivity index (χ0v) is 21.1. The lowest BCUT2D eigenvalue weighted by Gasteiger charge is -2.27. The Hall–Kier alpha value is -4.04. The Morgan fingerprint density at radius 2 is 1.78 bits per heavy atom. The van der Waals surface area contributed by atoms with E-state index in [1.54, 1.807) is 6.20 Å². The highest BCUT2D eigenvalue weighted by Gasteiger charge is 2.42. The normalized spacial score (nSPS) is 17.2. The van der Waals surface area contributed by atoms with Gasteiger partial charge in [0, 0.05) is 42.2 Å². The summed E-state index contributed by atoms with van der Waals surface area (Å²) in [5, 5.41) is 6.97. The molecule has 2 N–H and O–H groups in total. The molecule has 4 heterocycles. The molecule has 1 aromatic carbocycles. The van der Waals surface area contributed by atoms with Gasteiger partial charge in [0.1, 0.15) is 6.54 Å². The minimum Gasteiger partial charge on any atom is -0.352 e. The van der Waals surface area contributed by atoms with Crippen molar-refractivity contribution in [3.05, 3.63) is 114 Å². The fourth-order valence-corrected chi connectivity index (χ4v) is 5.14. The molecule has 4 aromatic rings. The third kappa shape index (κ3) is 4.85. The number of carbonyl (C=O) groups is 1. The van der Waals surface area contributed by atoms with Gasteiger partial charge in [-0.15, -0.1) is 0 Å². The van der Waals surface area contributed by atoms with E-state index in [9.17, 15) is 4.79 Å². The number of nitrogens with one attached hydrogen (secondary N) is 2. The van der Waals surface area contributed by atoms with Crippen LogP contribution in [0, 0.1) is 13.8 Å². The SMILES string of the molecule is Cc1cc(C2C(c3ccccn3)NC(=S)N2CC(=O)Nc2ccccc2)c(C)n1Cc1ccncc1. The molecule has 0 spiro atoms. The minimum atomic E-state index is -0.189. The zero-order valence-electron chi connectivity index (χ0n) is 20.3. The summed E-state index contributed by atoms with van der Waals surface area (Å²) in [6.07, 6.45) is 5.41. The van der Waals surface area contributed by atoms with Gasteiger partial charge >= 0.3 is 0 Å². The van der Waals surface area contributed by atoms with Crippen molar-refractivity contribution in [2.45, 2.75) is 32.5 Å². The molecule has 0 radical (unpaired) electrons. The summed E-state index contributed by atoms with van der Waals surface area (Å²) in [7, 11) is 0. The number of aromatic nitrogens is 3. The third-order valence-corrected chi connectivity index (χ3v) is 6.94. The van der Waals surface area contributed by atoms with Gasteiger partial charge in [-0.3, -0.25) is 14.8 Å². The zero-order chi connectivity index (χ0) is 25.1. The van der Waals surface area contributed by atoms with Crippen molar-refractivity contribution in [2.75, 3.05) is 11.9 Å². The second-order valence-corrected chi connectivity index (χ2v) is 9.32. The largest absolute Gasteiger partial charge is 0.352 e. The third-order valence-electron chi connectivity index (χ3n) is 6.59. The molecule has 7 nitrogen and oxygen atoms in total. The van der Waals surface area contributed by atoms with Crippen LogP contribution in [-0.2, 0) is 11.3 Å². The smallest absolute Gasteiger partial charge is 0.244 e. The first-order valence-corrected chi connectivity index (χ1v) is 12.3. The number of thiocarbonyl (C=S) groups is 1. The Balaban J connectivity index is 1.49. The highest BCUT2D eigenvalue weighted by molar-refractivity contribution is 7.80. The molecule has 8 heteroatoms. The minimum absolute atomic E-state index is 0.123. The first-order valence-electron chi connectivity index (χ1n) is 11.9. The van der Waals surface area contributed by atoms with E-state index >= 15 is 0 Å². The van der Waals surface area contributed by atoms with Crippen LogP contribution in [0.5, 0.6) is 0 Å². The number of hydrogen-bond acceptors (Lipinski definition) is 4. The number of amides is 1. The van der Waals surface area contributed by atoms with Crippen molar-refractivity contribution in [3.8, 4) is 0 Å². The topological polar surface area (TPSA) is 75.1 Å². The van der Waals surface area contributed by atoms with Crippen LogP contribution in [0.25, 0.3) is 0 Å². The first kappa shape index (κ1) is 23.7. The maximum absolute atomic E-state index is 13.1. The number of para-hydroxylation sites is 1. The van der Waals surface area contributed by atoms with Gasteiger partial charge in [-0.05, 0) is 79.7 Å². The van der Waals surface area contributed by atoms with Gasteiger partial charge in [0.05, 0.1) is 17.8 Å². The predicted octanol–water partition coefficient (Wildman–Crippen LogP) is 4.55. The molecule has 1 saturated heterocycles. The number of carbonyl (C=O) groups excluding carboxylic acids is 1. The van der Waals surface area contributed by atoms with Crippen molar-refractivity contribution < 1.29 is 4.79 Å². The van der Waals surface area contributed by atoms with Crippen molar-refractivity contribution in [2.24, 2.45) is 0 Å². The fraction of sp³-hybridized carbons (Fsp3) is 0.214. The van der Waals surface area contributed by atoms with Crippen molar-refractivity contribution >= 4 is 28.9 Å². The van der Waals surface area contributed by atoms with Crippen LogP contribution in [0.2, 0.25) is 0 Å². The number of pyridine rings is 2. The van der Waals surface area contributed by atoms with Gasteiger partial charge in [-0.25, -0.2) is 0 Å². The van der Waals surface area contributed by atoms with Gasteiger partial charge in [0.15, 0.2) is 5.11 Å². The standard InChI is InChI=1S/C28H28N6OS/c1-19-16-23(20(2)33(19)17-21-11-14-29-15-12-21)27-26(24-10-6-7-13-30-24)32-28(36)34(27)18-25(35)31-22-8-4-3-5-9-22/h3-16,26-27H,17-18H2,1-2H3,(H,31,35)(H,32,36). The molecule has 0 aliphatic carbocycles. The van der Waals surface area contributed by atoms with Crippen LogP contribution in [0.1, 0.15) is 40.3 Å². The van der Waals surface area contributed by atoms with Gasteiger partial charge in [-0.1, -0.05) is 24.3 Å². The maximum atomic E-state index is 13.1. The molecular weight excluding hydrogens is 468 g/mol. The molecule has 1 aliphatic rings. The summed E-state index contributed by atoms with van der Waals surface area (Å²) >= 11 is 5.76. The molecule has 5 rings (SSSR count). The first-order chi connectivity index (χ1) is 17.5. The fourth-order valence-electron chi connectivity index (χ4n) is 4.83. The molecule has 1 aliphatic heterocycles. The Kier molecular flexibility index (Phi) is 6.77. The molecule has 0 bridgehead atoms. The number of aryl methyl sites for hydroxylation is 1. The summed E-state index contributed by atoms with van der Waals surface area (Å²) in [5.41, 5.74) is 6.22. The van der Waals surface area contributed by atoms with E-state index in [-0.39, 0.29) is 24.5 Å². The van der Waals surface area contributed by atoms with E-state index in [4.69, 9.17) is 12.2 Å². The van der Waals surface area contributed by atoms with Crippen molar-refractivity contribution in [1.29, 1.82) is 0 Å².